The van der Waals surface area contributed by atoms with Crippen molar-refractivity contribution in [2.24, 2.45) is 5.41 Å². The lowest BCUT2D eigenvalue weighted by molar-refractivity contribution is 0.407. The molecule has 19 heavy (non-hydrogen) atoms. The number of hydrogen-bond acceptors (Lipinski definition) is 3. The molecule has 4 nitrogen and oxygen atoms in total. The molecule has 0 aliphatic heterocycles. The first-order chi connectivity index (χ1) is 8.65. The molecule has 5 heteroatoms. The Morgan fingerprint density at radius 2 is 1.68 bits per heavy atom. The second kappa shape index (κ2) is 6.03. The summed E-state index contributed by atoms with van der Waals surface area (Å²) in [6.07, 6.45) is 0. The molecule has 0 fully saturated rings. The molecule has 0 saturated heterocycles. The molecule has 2 N–H and O–H groups in total. The number of sulfonamides is 1. The van der Waals surface area contributed by atoms with Crippen LogP contribution >= 0.6 is 0 Å². The van der Waals surface area contributed by atoms with Gasteiger partial charge in [-0.05, 0) is 37.1 Å². The van der Waals surface area contributed by atoms with Crippen molar-refractivity contribution < 1.29 is 8.42 Å². The smallest absolute Gasteiger partial charge is 0.240 e. The highest BCUT2D eigenvalue weighted by atomic mass is 32.2. The van der Waals surface area contributed by atoms with Crippen LogP contribution in [-0.4, -0.2) is 22.0 Å². The van der Waals surface area contributed by atoms with Gasteiger partial charge in [-0.15, -0.1) is 0 Å². The Morgan fingerprint density at radius 3 is 2.11 bits per heavy atom. The molecular formula is C14H24N2O2S. The van der Waals surface area contributed by atoms with Crippen LogP contribution in [0.25, 0.3) is 0 Å². The molecule has 1 unspecified atom stereocenters. The molecule has 0 radical (unpaired) electrons. The summed E-state index contributed by atoms with van der Waals surface area (Å²) in [4.78, 5) is 0.309. The fourth-order valence-electron chi connectivity index (χ4n) is 1.50. The van der Waals surface area contributed by atoms with Gasteiger partial charge >= 0.3 is 0 Å². The zero-order chi connectivity index (χ0) is 14.7. The lowest BCUT2D eigenvalue weighted by Gasteiger charge is -2.19. The van der Waals surface area contributed by atoms with Crippen LogP contribution in [-0.2, 0) is 10.0 Å². The second-order valence-corrected chi connectivity index (χ2v) is 7.73. The van der Waals surface area contributed by atoms with Crippen LogP contribution in [0.3, 0.4) is 0 Å². The van der Waals surface area contributed by atoms with Gasteiger partial charge in [-0.25, -0.2) is 13.1 Å². The highest BCUT2D eigenvalue weighted by Gasteiger charge is 2.18. The van der Waals surface area contributed by atoms with Gasteiger partial charge in [0.1, 0.15) is 0 Å². The van der Waals surface area contributed by atoms with Crippen molar-refractivity contribution in [3.05, 3.63) is 29.8 Å². The summed E-state index contributed by atoms with van der Waals surface area (Å²) in [7, 11) is -1.54. The summed E-state index contributed by atoms with van der Waals surface area (Å²) in [6, 6.07) is 7.18. The highest BCUT2D eigenvalue weighted by molar-refractivity contribution is 7.89. The van der Waals surface area contributed by atoms with Crippen LogP contribution < -0.4 is 10.0 Å². The van der Waals surface area contributed by atoms with Gasteiger partial charge in [0, 0.05) is 12.6 Å². The van der Waals surface area contributed by atoms with Crippen LogP contribution in [0.4, 0.5) is 0 Å². The van der Waals surface area contributed by atoms with Gasteiger partial charge < -0.3 is 5.32 Å². The van der Waals surface area contributed by atoms with E-state index >= 15 is 0 Å². The maximum atomic E-state index is 12.1. The number of rotatable bonds is 5. The van der Waals surface area contributed by atoms with E-state index in [0.29, 0.717) is 11.4 Å². The lowest BCUT2D eigenvalue weighted by Crippen LogP contribution is -2.32. The quantitative estimate of drug-likeness (QED) is 0.872. The SMILES string of the molecule is CNC(C)c1ccc(S(=O)(=O)NCC(C)(C)C)cc1. The molecule has 1 aromatic carbocycles. The molecule has 0 aliphatic carbocycles. The zero-order valence-electron chi connectivity index (χ0n) is 12.3. The Hall–Kier alpha value is -0.910. The van der Waals surface area contributed by atoms with Crippen molar-refractivity contribution in [2.75, 3.05) is 13.6 Å². The average Bonchev–Trinajstić information content (AvgIpc) is 2.35. The third-order valence-electron chi connectivity index (χ3n) is 2.92. The van der Waals surface area contributed by atoms with Crippen molar-refractivity contribution in [1.82, 2.24) is 10.0 Å². The average molecular weight is 284 g/mol. The Kier molecular flexibility index (Phi) is 5.12. The molecule has 1 rings (SSSR count). The topological polar surface area (TPSA) is 58.2 Å². The fraction of sp³-hybridized carbons (Fsp3) is 0.571. The predicted molar refractivity (Wildman–Crippen MR) is 78.6 cm³/mol. The summed E-state index contributed by atoms with van der Waals surface area (Å²) >= 11 is 0. The third-order valence-corrected chi connectivity index (χ3v) is 4.33. The van der Waals surface area contributed by atoms with E-state index in [1.54, 1.807) is 12.1 Å². The van der Waals surface area contributed by atoms with Gasteiger partial charge in [0.05, 0.1) is 4.90 Å². The molecule has 0 bridgehead atoms. The van der Waals surface area contributed by atoms with Gasteiger partial charge in [-0.1, -0.05) is 32.9 Å². The largest absolute Gasteiger partial charge is 0.313 e. The fourth-order valence-corrected chi connectivity index (χ4v) is 2.78. The van der Waals surface area contributed by atoms with E-state index in [1.165, 1.54) is 0 Å². The molecule has 0 aliphatic rings. The molecule has 0 aromatic heterocycles. The summed E-state index contributed by atoms with van der Waals surface area (Å²) in [5.74, 6) is 0. The van der Waals surface area contributed by atoms with E-state index in [0.717, 1.165) is 5.56 Å². The van der Waals surface area contributed by atoms with E-state index < -0.39 is 10.0 Å². The van der Waals surface area contributed by atoms with E-state index in [9.17, 15) is 8.42 Å². The molecule has 0 amide bonds. The summed E-state index contributed by atoms with van der Waals surface area (Å²) in [5, 5.41) is 3.12. The minimum absolute atomic E-state index is 0.0757. The second-order valence-electron chi connectivity index (χ2n) is 5.96. The normalized spacial score (nSPS) is 14.4. The molecule has 1 atom stereocenters. The van der Waals surface area contributed by atoms with E-state index in [2.05, 4.69) is 10.0 Å². The maximum absolute atomic E-state index is 12.1. The van der Waals surface area contributed by atoms with Crippen LogP contribution in [0.1, 0.15) is 39.3 Å². The van der Waals surface area contributed by atoms with Gasteiger partial charge in [-0.2, -0.15) is 0 Å². The molecule has 1 aromatic rings. The standard InChI is InChI=1S/C14H24N2O2S/c1-11(15-5)12-6-8-13(9-7-12)19(17,18)16-10-14(2,3)4/h6-9,11,15-16H,10H2,1-5H3. The van der Waals surface area contributed by atoms with Crippen LogP contribution in [0.2, 0.25) is 0 Å². The number of benzene rings is 1. The van der Waals surface area contributed by atoms with Crippen molar-refractivity contribution in [3.8, 4) is 0 Å². The third kappa shape index (κ3) is 4.93. The Morgan fingerprint density at radius 1 is 1.16 bits per heavy atom. The summed E-state index contributed by atoms with van der Waals surface area (Å²) < 4.78 is 26.8. The van der Waals surface area contributed by atoms with E-state index in [4.69, 9.17) is 0 Å². The first-order valence-corrected chi connectivity index (χ1v) is 7.91. The lowest BCUT2D eigenvalue weighted by atomic mass is 9.98. The van der Waals surface area contributed by atoms with E-state index in [1.807, 2.05) is 46.9 Å². The number of hydrogen-bond donors (Lipinski definition) is 2. The van der Waals surface area contributed by atoms with Gasteiger partial charge in [0.2, 0.25) is 10.0 Å². The molecule has 0 saturated carbocycles. The van der Waals surface area contributed by atoms with Crippen LogP contribution in [0.15, 0.2) is 29.2 Å². The Balaban J connectivity index is 2.85. The van der Waals surface area contributed by atoms with Gasteiger partial charge in [0.15, 0.2) is 0 Å². The van der Waals surface area contributed by atoms with Gasteiger partial charge in [-0.3, -0.25) is 0 Å². The van der Waals surface area contributed by atoms with Crippen LogP contribution in [0, 0.1) is 5.41 Å². The molecular weight excluding hydrogens is 260 g/mol. The maximum Gasteiger partial charge on any atom is 0.240 e. The Labute approximate surface area is 116 Å². The van der Waals surface area contributed by atoms with E-state index in [-0.39, 0.29) is 11.5 Å². The number of nitrogens with one attached hydrogen (secondary N) is 2. The zero-order valence-corrected chi connectivity index (χ0v) is 13.1. The van der Waals surface area contributed by atoms with Crippen LogP contribution in [0.5, 0.6) is 0 Å². The van der Waals surface area contributed by atoms with Crippen molar-refractivity contribution in [3.63, 3.8) is 0 Å². The summed E-state index contributed by atoms with van der Waals surface area (Å²) in [5.41, 5.74) is 0.991. The van der Waals surface area contributed by atoms with Crippen molar-refractivity contribution >= 4 is 10.0 Å². The van der Waals surface area contributed by atoms with Crippen molar-refractivity contribution in [1.29, 1.82) is 0 Å². The molecule has 108 valence electrons. The predicted octanol–water partition coefficient (Wildman–Crippen LogP) is 2.29. The minimum atomic E-state index is -3.41. The van der Waals surface area contributed by atoms with Crippen molar-refractivity contribution in [2.45, 2.75) is 38.6 Å². The summed E-state index contributed by atoms with van der Waals surface area (Å²) in [6.45, 7) is 8.43. The highest BCUT2D eigenvalue weighted by Crippen LogP contribution is 2.17. The monoisotopic (exact) mass is 284 g/mol. The Bertz CT molecular complexity index is 501. The first kappa shape index (κ1) is 16.1. The molecule has 0 spiro atoms. The minimum Gasteiger partial charge on any atom is -0.313 e. The van der Waals surface area contributed by atoms with Gasteiger partial charge in [0.25, 0.3) is 0 Å². The molecule has 0 heterocycles. The first-order valence-electron chi connectivity index (χ1n) is 6.42.